The number of hydrogen-bond acceptors (Lipinski definition) is 7. The van der Waals surface area contributed by atoms with Gasteiger partial charge in [-0.3, -0.25) is 4.79 Å². The summed E-state index contributed by atoms with van der Waals surface area (Å²) in [7, 11) is 1.56. The number of hydrazone groups is 1. The number of esters is 1. The second-order valence-corrected chi connectivity index (χ2v) is 8.57. The molecule has 4 rings (SSSR count). The van der Waals surface area contributed by atoms with Crippen molar-refractivity contribution < 1.29 is 28.5 Å². The molecule has 0 bridgehead atoms. The van der Waals surface area contributed by atoms with E-state index in [0.717, 1.165) is 29.4 Å². The van der Waals surface area contributed by atoms with Gasteiger partial charge in [0.2, 0.25) is 0 Å². The molecule has 8 nitrogen and oxygen atoms in total. The molecule has 0 aromatic heterocycles. The standard InChI is InChI=1S/C31H30N2O6/c1-3-4-19-37-25-14-16-26(17-15-25)38-21-30(34)33-32-20-28-27-8-6-5-7-22(27)11-18-29(28)39-31(35)23-9-12-24(36-2)13-10-23/h5-18,20H,3-4,19,21H2,1-2H3,(H,33,34)/b32-20-. The number of carbonyl (C=O) groups is 2. The van der Waals surface area contributed by atoms with Crippen LogP contribution in [0.5, 0.6) is 23.0 Å². The molecule has 39 heavy (non-hydrogen) atoms. The number of fused-ring (bicyclic) bond motifs is 1. The number of ether oxygens (including phenoxy) is 4. The molecule has 0 unspecified atom stereocenters. The minimum Gasteiger partial charge on any atom is -0.497 e. The van der Waals surface area contributed by atoms with Gasteiger partial charge >= 0.3 is 5.97 Å². The van der Waals surface area contributed by atoms with Crippen molar-refractivity contribution in [2.24, 2.45) is 5.10 Å². The Kier molecular flexibility index (Phi) is 9.50. The number of amides is 1. The lowest BCUT2D eigenvalue weighted by Gasteiger charge is -2.11. The second kappa shape index (κ2) is 13.6. The van der Waals surface area contributed by atoms with E-state index >= 15 is 0 Å². The van der Waals surface area contributed by atoms with Crippen LogP contribution in [0.2, 0.25) is 0 Å². The van der Waals surface area contributed by atoms with Gasteiger partial charge in [-0.2, -0.15) is 5.10 Å². The van der Waals surface area contributed by atoms with Gasteiger partial charge in [0, 0.05) is 5.56 Å². The average Bonchev–Trinajstić information content (AvgIpc) is 2.97. The average molecular weight is 527 g/mol. The first-order valence-electron chi connectivity index (χ1n) is 12.6. The van der Waals surface area contributed by atoms with Gasteiger partial charge in [0.25, 0.3) is 5.91 Å². The highest BCUT2D eigenvalue weighted by Gasteiger charge is 2.14. The van der Waals surface area contributed by atoms with Crippen molar-refractivity contribution in [1.29, 1.82) is 0 Å². The van der Waals surface area contributed by atoms with Crippen LogP contribution in [0, 0.1) is 0 Å². The van der Waals surface area contributed by atoms with E-state index in [-0.39, 0.29) is 6.61 Å². The fourth-order valence-corrected chi connectivity index (χ4v) is 3.70. The highest BCUT2D eigenvalue weighted by Crippen LogP contribution is 2.27. The minimum atomic E-state index is -0.526. The number of unbranched alkanes of at least 4 members (excludes halogenated alkanes) is 1. The summed E-state index contributed by atoms with van der Waals surface area (Å²) >= 11 is 0. The molecule has 8 heteroatoms. The van der Waals surface area contributed by atoms with Crippen LogP contribution in [-0.2, 0) is 4.79 Å². The molecule has 0 aliphatic heterocycles. The number of carbonyl (C=O) groups excluding carboxylic acids is 2. The Hall–Kier alpha value is -4.85. The van der Waals surface area contributed by atoms with Crippen molar-refractivity contribution in [3.63, 3.8) is 0 Å². The van der Waals surface area contributed by atoms with E-state index in [0.29, 0.717) is 35.0 Å². The summed E-state index contributed by atoms with van der Waals surface area (Å²) in [4.78, 5) is 25.1. The van der Waals surface area contributed by atoms with Crippen LogP contribution < -0.4 is 24.4 Å². The number of nitrogens with zero attached hydrogens (tertiary/aromatic N) is 1. The third kappa shape index (κ3) is 7.58. The largest absolute Gasteiger partial charge is 0.497 e. The molecule has 4 aromatic rings. The summed E-state index contributed by atoms with van der Waals surface area (Å²) in [5.41, 5.74) is 3.39. The Labute approximate surface area is 227 Å². The van der Waals surface area contributed by atoms with E-state index in [1.807, 2.05) is 30.3 Å². The van der Waals surface area contributed by atoms with E-state index in [2.05, 4.69) is 17.5 Å². The minimum absolute atomic E-state index is 0.220. The molecule has 0 atom stereocenters. The lowest BCUT2D eigenvalue weighted by molar-refractivity contribution is -0.123. The third-order valence-corrected chi connectivity index (χ3v) is 5.80. The Balaban J connectivity index is 1.40. The normalized spacial score (nSPS) is 10.8. The summed E-state index contributed by atoms with van der Waals surface area (Å²) in [5.74, 6) is 1.28. The second-order valence-electron chi connectivity index (χ2n) is 8.57. The van der Waals surface area contributed by atoms with Gasteiger partial charge in [0.15, 0.2) is 6.61 Å². The summed E-state index contributed by atoms with van der Waals surface area (Å²) in [6.07, 6.45) is 3.51. The van der Waals surface area contributed by atoms with Gasteiger partial charge in [-0.05, 0) is 71.8 Å². The third-order valence-electron chi connectivity index (χ3n) is 5.80. The van der Waals surface area contributed by atoms with Crippen LogP contribution in [0.25, 0.3) is 10.8 Å². The number of hydrogen-bond donors (Lipinski definition) is 1. The van der Waals surface area contributed by atoms with Gasteiger partial charge < -0.3 is 18.9 Å². The topological polar surface area (TPSA) is 95.5 Å². The van der Waals surface area contributed by atoms with E-state index in [4.69, 9.17) is 18.9 Å². The number of rotatable bonds is 12. The summed E-state index contributed by atoms with van der Waals surface area (Å²) in [5, 5.41) is 5.83. The fraction of sp³-hybridized carbons (Fsp3) is 0.194. The Bertz CT molecular complexity index is 1430. The number of benzene rings is 4. The zero-order valence-electron chi connectivity index (χ0n) is 21.9. The molecule has 1 N–H and O–H groups in total. The highest BCUT2D eigenvalue weighted by molar-refractivity contribution is 6.04. The zero-order chi connectivity index (χ0) is 27.5. The van der Waals surface area contributed by atoms with Crippen LogP contribution in [0.1, 0.15) is 35.7 Å². The quantitative estimate of drug-likeness (QED) is 0.0827. The molecule has 0 saturated heterocycles. The maximum Gasteiger partial charge on any atom is 0.343 e. The van der Waals surface area contributed by atoms with Crippen molar-refractivity contribution in [3.05, 3.63) is 96.1 Å². The van der Waals surface area contributed by atoms with Gasteiger partial charge in [-0.25, -0.2) is 10.2 Å². The molecule has 0 aliphatic carbocycles. The van der Waals surface area contributed by atoms with Crippen molar-refractivity contribution >= 4 is 28.9 Å². The first-order valence-corrected chi connectivity index (χ1v) is 12.6. The predicted molar refractivity (Wildman–Crippen MR) is 150 cm³/mol. The van der Waals surface area contributed by atoms with Crippen molar-refractivity contribution in [2.45, 2.75) is 19.8 Å². The Morgan fingerprint density at radius 1 is 0.846 bits per heavy atom. The van der Waals surface area contributed by atoms with E-state index in [1.54, 1.807) is 61.7 Å². The predicted octanol–water partition coefficient (Wildman–Crippen LogP) is 5.78. The highest BCUT2D eigenvalue weighted by atomic mass is 16.5. The number of methoxy groups -OCH3 is 1. The van der Waals surface area contributed by atoms with Gasteiger partial charge in [-0.1, -0.05) is 43.7 Å². The van der Waals surface area contributed by atoms with Crippen LogP contribution in [-0.4, -0.2) is 38.4 Å². The van der Waals surface area contributed by atoms with Gasteiger partial charge in [0.05, 0.1) is 25.5 Å². The molecule has 0 fully saturated rings. The Morgan fingerprint density at radius 2 is 1.54 bits per heavy atom. The summed E-state index contributed by atoms with van der Waals surface area (Å²) < 4.78 is 22.0. The maximum atomic E-state index is 12.8. The number of nitrogens with one attached hydrogen (secondary N) is 1. The molecule has 1 amide bonds. The first-order chi connectivity index (χ1) is 19.1. The molecule has 4 aromatic carbocycles. The SMILES string of the molecule is CCCCOc1ccc(OCC(=O)N/N=C\c2c(OC(=O)c3ccc(OC)cc3)ccc3ccccc23)cc1. The van der Waals surface area contributed by atoms with Gasteiger partial charge in [-0.15, -0.1) is 0 Å². The first kappa shape index (κ1) is 27.2. The van der Waals surface area contributed by atoms with E-state index in [1.165, 1.54) is 6.21 Å². The van der Waals surface area contributed by atoms with Crippen molar-refractivity contribution in [2.75, 3.05) is 20.3 Å². The smallest absolute Gasteiger partial charge is 0.343 e. The monoisotopic (exact) mass is 526 g/mol. The van der Waals surface area contributed by atoms with Crippen LogP contribution in [0.4, 0.5) is 0 Å². The summed E-state index contributed by atoms with van der Waals surface area (Å²) in [6, 6.07) is 24.9. The molecule has 0 heterocycles. The van der Waals surface area contributed by atoms with Crippen LogP contribution in [0.15, 0.2) is 90.0 Å². The van der Waals surface area contributed by atoms with Crippen molar-refractivity contribution in [1.82, 2.24) is 5.43 Å². The van der Waals surface area contributed by atoms with E-state index in [9.17, 15) is 9.59 Å². The molecular formula is C31H30N2O6. The van der Waals surface area contributed by atoms with E-state index < -0.39 is 11.9 Å². The molecule has 0 spiro atoms. The van der Waals surface area contributed by atoms with Crippen LogP contribution in [0.3, 0.4) is 0 Å². The molecule has 0 saturated carbocycles. The summed E-state index contributed by atoms with van der Waals surface area (Å²) in [6.45, 7) is 2.55. The lowest BCUT2D eigenvalue weighted by atomic mass is 10.0. The van der Waals surface area contributed by atoms with Crippen LogP contribution >= 0.6 is 0 Å². The van der Waals surface area contributed by atoms with Gasteiger partial charge in [0.1, 0.15) is 23.0 Å². The molecule has 0 aliphatic rings. The molecule has 0 radical (unpaired) electrons. The molecular weight excluding hydrogens is 496 g/mol. The maximum absolute atomic E-state index is 12.8. The van der Waals surface area contributed by atoms with Crippen molar-refractivity contribution in [3.8, 4) is 23.0 Å². The fourth-order valence-electron chi connectivity index (χ4n) is 3.70. The Morgan fingerprint density at radius 3 is 2.26 bits per heavy atom. The lowest BCUT2D eigenvalue weighted by Crippen LogP contribution is -2.24. The zero-order valence-corrected chi connectivity index (χ0v) is 21.9. The molecule has 200 valence electrons.